The number of hydrogen-bond acceptors (Lipinski definition) is 4. The maximum atomic E-state index is 11.6. The Morgan fingerprint density at radius 3 is 2.90 bits per heavy atom. The molecule has 0 radical (unpaired) electrons. The van der Waals surface area contributed by atoms with E-state index in [1.54, 1.807) is 26.5 Å². The molecule has 1 rings (SSSR count). The molecule has 3 N–H and O–H groups in total. The van der Waals surface area contributed by atoms with E-state index in [0.717, 1.165) is 18.7 Å². The summed E-state index contributed by atoms with van der Waals surface area (Å²) in [4.78, 5) is 15.6. The molecule has 112 valence electrons. The highest BCUT2D eigenvalue weighted by atomic mass is 16.5. The van der Waals surface area contributed by atoms with Gasteiger partial charge in [-0.1, -0.05) is 0 Å². The van der Waals surface area contributed by atoms with Gasteiger partial charge in [-0.25, -0.2) is 0 Å². The molecule has 0 fully saturated rings. The number of methoxy groups -OCH3 is 1. The van der Waals surface area contributed by atoms with Crippen LogP contribution in [0.5, 0.6) is 0 Å². The van der Waals surface area contributed by atoms with Crippen LogP contribution in [0.3, 0.4) is 0 Å². The van der Waals surface area contributed by atoms with Crippen molar-refractivity contribution in [2.24, 2.45) is 4.99 Å². The minimum atomic E-state index is -0.124. The molecule has 1 aromatic heterocycles. The molecular weight excluding hydrogens is 260 g/mol. The zero-order valence-electron chi connectivity index (χ0n) is 11.9. The molecule has 0 unspecified atom stereocenters. The van der Waals surface area contributed by atoms with E-state index in [1.807, 2.05) is 6.07 Å². The predicted molar refractivity (Wildman–Crippen MR) is 76.4 cm³/mol. The van der Waals surface area contributed by atoms with Crippen molar-refractivity contribution in [3.63, 3.8) is 0 Å². The lowest BCUT2D eigenvalue weighted by atomic mass is 10.4. The van der Waals surface area contributed by atoms with Crippen molar-refractivity contribution in [3.05, 3.63) is 24.2 Å². The molecule has 7 heteroatoms. The zero-order chi connectivity index (χ0) is 14.6. The quantitative estimate of drug-likeness (QED) is 0.357. The molecule has 0 atom stereocenters. The molecule has 0 aliphatic rings. The molecule has 1 heterocycles. The molecule has 0 bridgehead atoms. The van der Waals surface area contributed by atoms with Crippen LogP contribution >= 0.6 is 0 Å². The Hall–Kier alpha value is -2.02. The fraction of sp³-hybridized carbons (Fsp3) is 0.538. The summed E-state index contributed by atoms with van der Waals surface area (Å²) >= 11 is 0. The second kappa shape index (κ2) is 9.85. The average molecular weight is 282 g/mol. The Labute approximate surface area is 118 Å². The van der Waals surface area contributed by atoms with E-state index >= 15 is 0 Å². The summed E-state index contributed by atoms with van der Waals surface area (Å²) in [7, 11) is 3.32. The summed E-state index contributed by atoms with van der Waals surface area (Å²) in [6, 6.07) is 3.59. The molecule has 20 heavy (non-hydrogen) atoms. The average Bonchev–Trinajstić information content (AvgIpc) is 2.97. The Morgan fingerprint density at radius 1 is 1.40 bits per heavy atom. The Bertz CT molecular complexity index is 404. The number of furan rings is 1. The highest BCUT2D eigenvalue weighted by molar-refractivity contribution is 5.86. The van der Waals surface area contributed by atoms with Crippen molar-refractivity contribution in [1.82, 2.24) is 16.0 Å². The summed E-state index contributed by atoms with van der Waals surface area (Å²) in [5.74, 6) is 1.19. The smallest absolute Gasteiger partial charge is 0.239 e. The van der Waals surface area contributed by atoms with Gasteiger partial charge in [-0.2, -0.15) is 0 Å². The first-order valence-electron chi connectivity index (χ1n) is 6.48. The van der Waals surface area contributed by atoms with Gasteiger partial charge < -0.3 is 25.1 Å². The minimum absolute atomic E-state index is 0.124. The second-order valence-corrected chi connectivity index (χ2v) is 4.05. The number of nitrogens with one attached hydrogen (secondary N) is 3. The van der Waals surface area contributed by atoms with Gasteiger partial charge in [0.2, 0.25) is 5.91 Å². The molecule has 0 aromatic carbocycles. The number of carbonyl (C=O) groups excluding carboxylic acids is 1. The van der Waals surface area contributed by atoms with Crippen LogP contribution in [0.1, 0.15) is 12.2 Å². The fourth-order valence-corrected chi connectivity index (χ4v) is 1.47. The summed E-state index contributed by atoms with van der Waals surface area (Å²) in [5, 5.41) is 8.76. The largest absolute Gasteiger partial charge is 0.467 e. The molecule has 0 saturated carbocycles. The minimum Gasteiger partial charge on any atom is -0.467 e. The van der Waals surface area contributed by atoms with Crippen LogP contribution in [0.15, 0.2) is 27.8 Å². The third-order valence-electron chi connectivity index (χ3n) is 2.50. The van der Waals surface area contributed by atoms with Gasteiger partial charge in [0.1, 0.15) is 5.76 Å². The first kappa shape index (κ1) is 16.0. The molecule has 1 aromatic rings. The molecule has 0 saturated heterocycles. The number of amides is 1. The fourth-order valence-electron chi connectivity index (χ4n) is 1.47. The number of nitrogens with zero attached hydrogens (tertiary/aromatic N) is 1. The van der Waals surface area contributed by atoms with Crippen LogP contribution in [0, 0.1) is 0 Å². The van der Waals surface area contributed by atoms with E-state index in [0.29, 0.717) is 19.1 Å². The summed E-state index contributed by atoms with van der Waals surface area (Å²) in [6.45, 7) is 1.97. The van der Waals surface area contributed by atoms with Gasteiger partial charge in [-0.15, -0.1) is 0 Å². The van der Waals surface area contributed by atoms with Crippen LogP contribution in [0.4, 0.5) is 0 Å². The highest BCUT2D eigenvalue weighted by Crippen LogP contribution is 1.97. The van der Waals surface area contributed by atoms with Gasteiger partial charge in [0.15, 0.2) is 5.96 Å². The van der Waals surface area contributed by atoms with Crippen LogP contribution in [-0.2, 0) is 16.1 Å². The van der Waals surface area contributed by atoms with Crippen LogP contribution in [0.2, 0.25) is 0 Å². The second-order valence-electron chi connectivity index (χ2n) is 4.05. The lowest BCUT2D eigenvalue weighted by molar-refractivity contribution is -0.120. The van der Waals surface area contributed by atoms with E-state index in [9.17, 15) is 4.79 Å². The number of hydrogen-bond donors (Lipinski definition) is 3. The molecule has 0 spiro atoms. The lowest BCUT2D eigenvalue weighted by Crippen LogP contribution is -2.43. The van der Waals surface area contributed by atoms with Crippen LogP contribution in [0.25, 0.3) is 0 Å². The van der Waals surface area contributed by atoms with Gasteiger partial charge in [0.05, 0.1) is 19.4 Å². The number of guanidine groups is 1. The molecule has 0 aliphatic carbocycles. The zero-order valence-corrected chi connectivity index (χ0v) is 11.9. The first-order valence-corrected chi connectivity index (χ1v) is 6.48. The highest BCUT2D eigenvalue weighted by Gasteiger charge is 2.04. The van der Waals surface area contributed by atoms with E-state index < -0.39 is 0 Å². The standard InChI is InChI=1S/C13H22N4O3/c1-14-13(15-6-4-7-19-2)17-10-12(18)16-9-11-5-3-8-20-11/h3,5,8H,4,6-7,9-10H2,1-2H3,(H,16,18)(H2,14,15,17). The van der Waals surface area contributed by atoms with Gasteiger partial charge in [-0.05, 0) is 18.6 Å². The third-order valence-corrected chi connectivity index (χ3v) is 2.50. The van der Waals surface area contributed by atoms with Crippen LogP contribution in [-0.4, -0.2) is 45.7 Å². The normalized spacial score (nSPS) is 11.2. The van der Waals surface area contributed by atoms with Crippen molar-refractivity contribution < 1.29 is 13.9 Å². The van der Waals surface area contributed by atoms with Crippen molar-refractivity contribution in [2.45, 2.75) is 13.0 Å². The summed E-state index contributed by atoms with van der Waals surface area (Å²) in [5.41, 5.74) is 0. The van der Waals surface area contributed by atoms with E-state index in [4.69, 9.17) is 9.15 Å². The summed E-state index contributed by atoms with van der Waals surface area (Å²) in [6.07, 6.45) is 2.45. The van der Waals surface area contributed by atoms with Gasteiger partial charge >= 0.3 is 0 Å². The number of rotatable bonds is 8. The Kier molecular flexibility index (Phi) is 7.90. The van der Waals surface area contributed by atoms with Crippen molar-refractivity contribution >= 4 is 11.9 Å². The number of ether oxygens (including phenoxy) is 1. The Morgan fingerprint density at radius 2 is 2.25 bits per heavy atom. The topological polar surface area (TPSA) is 87.9 Å². The molecule has 0 aliphatic heterocycles. The molecule has 7 nitrogen and oxygen atoms in total. The van der Waals surface area contributed by atoms with E-state index in [-0.39, 0.29) is 12.5 Å². The maximum absolute atomic E-state index is 11.6. The number of carbonyl (C=O) groups is 1. The van der Waals surface area contributed by atoms with Crippen LogP contribution < -0.4 is 16.0 Å². The van der Waals surface area contributed by atoms with Gasteiger partial charge in [0.25, 0.3) is 0 Å². The SMILES string of the molecule is CN=C(NCCCOC)NCC(=O)NCc1ccco1. The molecule has 1 amide bonds. The van der Waals surface area contributed by atoms with Crippen molar-refractivity contribution in [3.8, 4) is 0 Å². The maximum Gasteiger partial charge on any atom is 0.239 e. The summed E-state index contributed by atoms with van der Waals surface area (Å²) < 4.78 is 10.1. The van der Waals surface area contributed by atoms with E-state index in [1.165, 1.54) is 0 Å². The van der Waals surface area contributed by atoms with Crippen molar-refractivity contribution in [1.29, 1.82) is 0 Å². The number of aliphatic imine (C=N–C) groups is 1. The third kappa shape index (κ3) is 6.79. The first-order chi connectivity index (χ1) is 9.76. The van der Waals surface area contributed by atoms with E-state index in [2.05, 4.69) is 20.9 Å². The van der Waals surface area contributed by atoms with Gasteiger partial charge in [0, 0.05) is 27.3 Å². The van der Waals surface area contributed by atoms with Gasteiger partial charge in [-0.3, -0.25) is 9.79 Å². The monoisotopic (exact) mass is 282 g/mol. The lowest BCUT2D eigenvalue weighted by Gasteiger charge is -2.11. The predicted octanol–water partition coefficient (Wildman–Crippen LogP) is 0.0973. The Balaban J connectivity index is 2.14. The molecular formula is C13H22N4O3. The van der Waals surface area contributed by atoms with Crippen molar-refractivity contribution in [2.75, 3.05) is 33.9 Å².